The van der Waals surface area contributed by atoms with Crippen LogP contribution in [0.25, 0.3) is 6.08 Å². The second-order valence-corrected chi connectivity index (χ2v) is 17.8. The number of hydrogen-bond donors (Lipinski definition) is 5. The zero-order chi connectivity index (χ0) is 41.5. The van der Waals surface area contributed by atoms with Crippen molar-refractivity contribution >= 4 is 23.5 Å². The van der Waals surface area contributed by atoms with Crippen molar-refractivity contribution in [1.29, 1.82) is 0 Å². The van der Waals surface area contributed by atoms with E-state index in [9.17, 15) is 24.9 Å². The van der Waals surface area contributed by atoms with Crippen LogP contribution in [0.15, 0.2) is 60.8 Å². The van der Waals surface area contributed by atoms with E-state index in [4.69, 9.17) is 10.5 Å². The number of allylic oxidation sites excluding steroid dienone is 1. The number of piperidine rings is 1. The van der Waals surface area contributed by atoms with E-state index < -0.39 is 17.6 Å². The van der Waals surface area contributed by atoms with Crippen molar-refractivity contribution in [1.82, 2.24) is 10.3 Å². The fourth-order valence-electron chi connectivity index (χ4n) is 10.5. The third-order valence-corrected chi connectivity index (χ3v) is 14.0. The van der Waals surface area contributed by atoms with Gasteiger partial charge in [0.1, 0.15) is 17.0 Å². The largest absolute Gasteiger partial charge is 0.504 e. The molecule has 0 bridgehead atoms. The predicted molar refractivity (Wildman–Crippen MR) is 232 cm³/mol. The van der Waals surface area contributed by atoms with Crippen LogP contribution in [0.3, 0.4) is 0 Å². The van der Waals surface area contributed by atoms with Gasteiger partial charge in [0.15, 0.2) is 17.3 Å². The minimum atomic E-state index is -1.15. The van der Waals surface area contributed by atoms with Crippen molar-refractivity contribution in [3.05, 3.63) is 88.6 Å². The summed E-state index contributed by atoms with van der Waals surface area (Å²) in [5.41, 5.74) is 9.96. The summed E-state index contributed by atoms with van der Waals surface area (Å²) in [6.45, 7) is 3.03. The van der Waals surface area contributed by atoms with E-state index in [2.05, 4.69) is 53.4 Å². The number of hydrogen-bond acceptors (Lipinski definition) is 9. The molecule has 2 aromatic carbocycles. The van der Waals surface area contributed by atoms with Gasteiger partial charge in [-0.25, -0.2) is 4.98 Å². The molecule has 2 heterocycles. The Bertz CT molecular complexity index is 2040. The number of carbonyl (C=O) groups is 2. The summed E-state index contributed by atoms with van der Waals surface area (Å²) >= 11 is 0. The van der Waals surface area contributed by atoms with E-state index in [1.165, 1.54) is 7.11 Å². The first kappa shape index (κ1) is 42.6. The molecule has 3 aliphatic carbocycles. The Morgan fingerprint density at radius 2 is 1.86 bits per heavy atom. The quantitative estimate of drug-likeness (QED) is 0.109. The van der Waals surface area contributed by atoms with E-state index in [1.54, 1.807) is 6.07 Å². The number of nitrogens with zero attached hydrogens (tertiary/aromatic N) is 1. The number of aliphatic hydroxyl groups is 2. The highest BCUT2D eigenvalue weighted by Crippen LogP contribution is 2.45. The number of anilines is 1. The Kier molecular flexibility index (Phi) is 13.9. The number of nitrogens with two attached hydrogens (primary N) is 1. The summed E-state index contributed by atoms with van der Waals surface area (Å²) in [4.78, 5) is 30.6. The first-order valence-electron chi connectivity index (χ1n) is 22.1. The standard InChI is InChI=1S/C50H63N3O6/c1-3-35-31-53-49(51)29-43(35)37(12-11-32-7-5-4-6-8-32)25-40(54)16-13-36-20-22-50(47(57)18-15-38-26-46(59-2)45(56)28-42(36)38)21-19-33(24-48(50)58)9-10-34-23-39-14-17-41(55)27-44(39)52-30-34/h4-8,11-12,26,28-29,31,33-34,36-37,39-40,44,48,52,54,56,58H,3,9-10,13-19,21,23-25,27,30H2,1-2H3,(H2,51,53). The molecule has 4 aliphatic rings. The average molecular weight is 802 g/mol. The van der Waals surface area contributed by atoms with Crippen molar-refractivity contribution in [2.24, 2.45) is 23.2 Å². The highest BCUT2D eigenvalue weighted by atomic mass is 16.5. The van der Waals surface area contributed by atoms with Crippen LogP contribution in [0.5, 0.6) is 11.5 Å². The lowest BCUT2D eigenvalue weighted by Gasteiger charge is -2.42. The number of aryl methyl sites for hydroxylation is 2. The van der Waals surface area contributed by atoms with Crippen molar-refractivity contribution < 1.29 is 29.6 Å². The Hall–Kier alpha value is -4.49. The second-order valence-electron chi connectivity index (χ2n) is 17.8. The Labute approximate surface area is 350 Å². The van der Waals surface area contributed by atoms with Crippen molar-refractivity contribution in [2.75, 3.05) is 19.4 Å². The lowest BCUT2D eigenvalue weighted by atomic mass is 9.64. The topological polar surface area (TPSA) is 155 Å². The van der Waals surface area contributed by atoms with Gasteiger partial charge in [0.25, 0.3) is 0 Å². The highest BCUT2D eigenvalue weighted by Gasteiger charge is 2.47. The third kappa shape index (κ3) is 10.1. The fraction of sp³-hybridized carbons (Fsp3) is 0.540. The number of carbonyl (C=O) groups excluding carboxylic acids is 2. The van der Waals surface area contributed by atoms with Gasteiger partial charge in [-0.05, 0) is 141 Å². The van der Waals surface area contributed by atoms with Crippen molar-refractivity contribution in [3.8, 4) is 23.3 Å². The minimum Gasteiger partial charge on any atom is -0.504 e. The number of ether oxygens (including phenoxy) is 1. The molecule has 1 saturated heterocycles. The smallest absolute Gasteiger partial charge is 0.160 e. The monoisotopic (exact) mass is 801 g/mol. The number of nitrogen functional groups attached to an aromatic ring is 1. The molecule has 1 spiro atoms. The van der Waals surface area contributed by atoms with Crippen LogP contribution in [0.1, 0.15) is 130 Å². The number of methoxy groups -OCH3 is 1. The maximum Gasteiger partial charge on any atom is 0.160 e. The zero-order valence-corrected chi connectivity index (χ0v) is 34.9. The van der Waals surface area contributed by atoms with E-state index in [0.717, 1.165) is 72.9 Å². The molecular formula is C50H63N3O6. The van der Waals surface area contributed by atoms with Crippen LogP contribution in [0.2, 0.25) is 0 Å². The van der Waals surface area contributed by atoms with Crippen LogP contribution in [0.4, 0.5) is 5.82 Å². The molecule has 314 valence electrons. The predicted octanol–water partition coefficient (Wildman–Crippen LogP) is 7.85. The van der Waals surface area contributed by atoms with Crippen LogP contribution in [0, 0.1) is 35.0 Å². The van der Waals surface area contributed by atoms with Crippen LogP contribution >= 0.6 is 0 Å². The summed E-state index contributed by atoms with van der Waals surface area (Å²) in [7, 11) is 1.52. The SMILES string of the molecule is CCc1cnc(N)cc1C(C=Cc1ccccc1)CC(O)CCC1C#CC2(CCC(CCC3CNC4CC(=O)CCC4C3)CC2O)C(=O)CCc2cc(OC)c(O)cc21. The van der Waals surface area contributed by atoms with Gasteiger partial charge in [0.2, 0.25) is 0 Å². The van der Waals surface area contributed by atoms with Crippen LogP contribution in [-0.2, 0) is 22.4 Å². The van der Waals surface area contributed by atoms with E-state index >= 15 is 0 Å². The fourth-order valence-corrected chi connectivity index (χ4v) is 10.5. The molecule has 9 heteroatoms. The Balaban J connectivity index is 1.08. The molecule has 1 aliphatic heterocycles. The number of aliphatic hydroxyl groups excluding tert-OH is 2. The molecule has 3 fully saturated rings. The van der Waals surface area contributed by atoms with Crippen LogP contribution < -0.4 is 15.8 Å². The van der Waals surface area contributed by atoms with Gasteiger partial charge in [-0.2, -0.15) is 0 Å². The summed E-state index contributed by atoms with van der Waals surface area (Å²) in [5.74, 6) is 9.00. The molecule has 59 heavy (non-hydrogen) atoms. The first-order valence-corrected chi connectivity index (χ1v) is 22.1. The molecule has 0 radical (unpaired) electrons. The number of pyridine rings is 1. The number of phenols is 1. The van der Waals surface area contributed by atoms with Crippen LogP contribution in [-0.4, -0.2) is 63.8 Å². The highest BCUT2D eigenvalue weighted by molar-refractivity contribution is 5.89. The Morgan fingerprint density at radius 3 is 2.64 bits per heavy atom. The molecule has 3 aromatic rings. The van der Waals surface area contributed by atoms with E-state index in [-0.39, 0.29) is 29.8 Å². The molecule has 6 N–H and O–H groups in total. The number of Topliss-reactive ketones (excluding diaryl/α,β-unsaturated/α-hetero) is 2. The van der Waals surface area contributed by atoms with Gasteiger partial charge in [0, 0.05) is 43.3 Å². The van der Waals surface area contributed by atoms with Gasteiger partial charge >= 0.3 is 0 Å². The minimum absolute atomic E-state index is 0.00794. The number of nitrogens with one attached hydrogen (secondary N) is 1. The number of aromatic hydroxyl groups is 1. The van der Waals surface area contributed by atoms with Gasteiger partial charge in [-0.15, -0.1) is 0 Å². The lowest BCUT2D eigenvalue weighted by Crippen LogP contribution is -2.49. The number of rotatable bonds is 13. The third-order valence-electron chi connectivity index (χ3n) is 14.0. The summed E-state index contributed by atoms with van der Waals surface area (Å²) in [6.07, 6.45) is 14.8. The number of aromatic nitrogens is 1. The van der Waals surface area contributed by atoms with E-state index in [1.807, 2.05) is 36.5 Å². The summed E-state index contributed by atoms with van der Waals surface area (Å²) in [6, 6.07) is 15.9. The number of benzene rings is 2. The van der Waals surface area contributed by atoms with Gasteiger partial charge in [0.05, 0.1) is 19.3 Å². The van der Waals surface area contributed by atoms with Gasteiger partial charge < -0.3 is 31.1 Å². The molecule has 9 nitrogen and oxygen atoms in total. The normalized spacial score (nSPS) is 28.1. The van der Waals surface area contributed by atoms with Gasteiger partial charge in [-0.1, -0.05) is 67.7 Å². The second kappa shape index (κ2) is 19.3. The maximum absolute atomic E-state index is 14.2. The molecule has 7 rings (SSSR count). The number of fused-ring (bicyclic) bond motifs is 2. The molecular weight excluding hydrogens is 739 g/mol. The molecule has 9 atom stereocenters. The molecule has 9 unspecified atom stereocenters. The van der Waals surface area contributed by atoms with E-state index in [0.29, 0.717) is 92.5 Å². The Morgan fingerprint density at radius 1 is 1.05 bits per heavy atom. The first-order chi connectivity index (χ1) is 28.5. The maximum atomic E-state index is 14.2. The molecule has 2 saturated carbocycles. The van der Waals surface area contributed by atoms with Crippen molar-refractivity contribution in [3.63, 3.8) is 0 Å². The zero-order valence-electron chi connectivity index (χ0n) is 34.9. The van der Waals surface area contributed by atoms with Gasteiger partial charge in [-0.3, -0.25) is 9.59 Å². The molecule has 0 amide bonds. The lowest BCUT2D eigenvalue weighted by molar-refractivity contribution is -0.134. The number of ketones is 2. The molecule has 1 aromatic heterocycles. The summed E-state index contributed by atoms with van der Waals surface area (Å²) in [5, 5.41) is 38.3. The average Bonchev–Trinajstić information content (AvgIpc) is 3.29. The number of phenolic OH excluding ortho intramolecular Hbond substituents is 1. The van der Waals surface area contributed by atoms with Crippen molar-refractivity contribution in [2.45, 2.75) is 133 Å². The summed E-state index contributed by atoms with van der Waals surface area (Å²) < 4.78 is 5.49.